The van der Waals surface area contributed by atoms with E-state index in [1.165, 1.54) is 24.7 Å². The highest BCUT2D eigenvalue weighted by molar-refractivity contribution is 8.78. The minimum atomic E-state index is -1.54. The van der Waals surface area contributed by atoms with Crippen molar-refractivity contribution in [2.75, 3.05) is 39.3 Å². The summed E-state index contributed by atoms with van der Waals surface area (Å²) >= 11 is 0. The summed E-state index contributed by atoms with van der Waals surface area (Å²) < 4.78 is 25.6. The van der Waals surface area contributed by atoms with Crippen LogP contribution in [0, 0.1) is 17.8 Å². The molecular formula is C56H67NO10S4. The fraction of sp³-hybridized carbons (Fsp3) is 0.571. The van der Waals surface area contributed by atoms with Crippen LogP contribution in [0.3, 0.4) is 0 Å². The quantitative estimate of drug-likeness (QED) is 0.0707. The van der Waals surface area contributed by atoms with Gasteiger partial charge in [0.05, 0.1) is 26.9 Å². The zero-order valence-electron chi connectivity index (χ0n) is 40.8. The van der Waals surface area contributed by atoms with E-state index in [0.717, 1.165) is 92.0 Å². The molecule has 15 heteroatoms. The van der Waals surface area contributed by atoms with E-state index in [0.29, 0.717) is 48.5 Å². The Morgan fingerprint density at radius 2 is 1.72 bits per heavy atom. The van der Waals surface area contributed by atoms with E-state index in [1.807, 2.05) is 61.4 Å². The molecule has 5 heterocycles. The Labute approximate surface area is 432 Å². The Morgan fingerprint density at radius 3 is 2.48 bits per heavy atom. The Morgan fingerprint density at radius 1 is 0.887 bits per heavy atom. The molecule has 2 saturated carbocycles. The highest BCUT2D eigenvalue weighted by Gasteiger charge is 2.67. The van der Waals surface area contributed by atoms with Crippen molar-refractivity contribution in [3.8, 4) is 51.4 Å². The first-order valence-corrected chi connectivity index (χ1v) is 30.5. The Kier molecular flexibility index (Phi) is 12.6. The molecule has 3 aromatic carbocycles. The molecule has 0 unspecified atom stereocenters. The molecule has 5 aliphatic carbocycles. The molecule has 4 aromatic rings. The van der Waals surface area contributed by atoms with Gasteiger partial charge in [0.15, 0.2) is 17.1 Å². The summed E-state index contributed by atoms with van der Waals surface area (Å²) in [6.45, 7) is 4.12. The van der Waals surface area contributed by atoms with Gasteiger partial charge in [-0.05, 0) is 146 Å². The number of phenols is 3. The molecule has 9 atom stereocenters. The van der Waals surface area contributed by atoms with Crippen LogP contribution in [0.5, 0.6) is 40.2 Å². The van der Waals surface area contributed by atoms with Crippen molar-refractivity contribution >= 4 is 48.7 Å². The van der Waals surface area contributed by atoms with Crippen LogP contribution in [0.25, 0.3) is 16.7 Å². The number of fused-ring (bicyclic) bond motifs is 7. The average Bonchev–Trinajstić information content (AvgIpc) is 3.92. The average molecular weight is 1040 g/mol. The Hall–Kier alpha value is -3.44. The molecule has 1 aromatic heterocycles. The molecule has 7 N–H and O–H groups in total. The first-order chi connectivity index (χ1) is 34.4. The van der Waals surface area contributed by atoms with Gasteiger partial charge in [0.25, 0.3) is 0 Å². The highest BCUT2D eigenvalue weighted by Crippen LogP contribution is 2.74. The number of aromatic nitrogens is 1. The number of allylic oxidation sites excluding steroid dienone is 1. The molecule has 4 aliphatic heterocycles. The van der Waals surface area contributed by atoms with E-state index in [9.17, 15) is 30.6 Å². The van der Waals surface area contributed by atoms with Crippen molar-refractivity contribution in [2.45, 2.75) is 141 Å². The topological polar surface area (TPSA) is 174 Å². The number of hydrogen-bond acceptors (Lipinski definition) is 14. The van der Waals surface area contributed by atoms with Crippen molar-refractivity contribution < 1.29 is 49.6 Å². The Bertz CT molecular complexity index is 2740. The smallest absolute Gasteiger partial charge is 0.207 e. The normalized spacial score (nSPS) is 32.0. The van der Waals surface area contributed by atoms with Crippen LogP contribution in [-0.4, -0.2) is 95.8 Å². The number of rotatable bonds is 11. The van der Waals surface area contributed by atoms with Crippen LogP contribution >= 0.6 is 43.2 Å². The van der Waals surface area contributed by atoms with Gasteiger partial charge in [-0.3, -0.25) is 0 Å². The second-order valence-corrected chi connectivity index (χ2v) is 27.7. The van der Waals surface area contributed by atoms with Crippen LogP contribution in [-0.2, 0) is 11.0 Å². The number of phenolic OH excluding ortho intramolecular Hbond substituents is 3. The lowest BCUT2D eigenvalue weighted by Crippen LogP contribution is -2.61. The van der Waals surface area contributed by atoms with Gasteiger partial charge in [-0.25, -0.2) is 0 Å². The number of aromatic amines is 1. The van der Waals surface area contributed by atoms with Crippen LogP contribution < -0.4 is 18.9 Å². The number of methoxy groups -OCH3 is 1. The number of aliphatic hydroxyl groups excluding tert-OH is 3. The minimum absolute atomic E-state index is 0.00566. The second kappa shape index (κ2) is 18.4. The third kappa shape index (κ3) is 7.40. The van der Waals surface area contributed by atoms with Crippen molar-refractivity contribution in [1.82, 2.24) is 4.98 Å². The summed E-state index contributed by atoms with van der Waals surface area (Å²) in [5.74, 6) is 1.22. The number of aliphatic hydroxyl groups is 3. The lowest BCUT2D eigenvalue weighted by Gasteiger charge is -2.60. The van der Waals surface area contributed by atoms with Gasteiger partial charge < -0.3 is 54.6 Å². The van der Waals surface area contributed by atoms with E-state index in [1.54, 1.807) is 17.7 Å². The van der Waals surface area contributed by atoms with Gasteiger partial charge in [0.1, 0.15) is 30.0 Å². The zero-order valence-corrected chi connectivity index (χ0v) is 44.1. The van der Waals surface area contributed by atoms with E-state index >= 15 is 0 Å². The molecular weight excluding hydrogens is 975 g/mol. The predicted octanol–water partition coefficient (Wildman–Crippen LogP) is 11.7. The summed E-state index contributed by atoms with van der Waals surface area (Å²) in [4.78, 5) is 3.44. The van der Waals surface area contributed by atoms with E-state index in [-0.39, 0.29) is 76.0 Å². The maximum Gasteiger partial charge on any atom is 0.207 e. The molecule has 4 fully saturated rings. The maximum absolute atomic E-state index is 14.0. The fourth-order valence-electron chi connectivity index (χ4n) is 14.8. The molecule has 71 heavy (non-hydrogen) atoms. The third-order valence-electron chi connectivity index (χ3n) is 18.2. The SMILES string of the molecule is COc1c(O)c(OCCC(C)C)cc([C@@]23CC[C@]45CC[C@H]6C[C@H]7c8cc(O)ccc8-c8c(OCCO)cc(c(c8[C@@]7(CO)CSSC7(CCCCC7)C7=C(c8cc[nH]c8)C[C@H]6C[C@@H]7SS4)[C@@H]5[C@H]2O)O3)c1O. The zero-order chi connectivity index (χ0) is 49.0. The molecule has 10 bridgehead atoms. The standard InChI is InChI=1S/C56H67NO10S4/c1-30(2)11-19-65-42-25-39(49(61)51(64-3)50(42)62)56-16-15-55-14-9-31-22-38-37-24-34(60)7-8-35(37)44-40(66-20-18-58)26-41(67-56)45(48(55)52(56)63)47(44)53(38,28-59)29-68-70-54(12-5-4-6-13-54)46-36(32-10-17-57-27-32)21-33(31)23-43(46)69-71-55/h7-8,10,17,24-27,30-31,33,38,43,48,52,57-63H,4-6,9,11-16,18-23,28-29H2,1-3H3/t31-,33-,38-,43-,48+,52+,53-,55-,56-/m0/s1. The largest absolute Gasteiger partial charge is 0.508 e. The Balaban J connectivity index is 1.17. The van der Waals surface area contributed by atoms with Gasteiger partial charge in [-0.1, -0.05) is 82.4 Å². The number of aromatic hydroxyl groups is 3. The molecule has 2 saturated heterocycles. The third-order valence-corrected chi connectivity index (χ3v) is 25.3. The van der Waals surface area contributed by atoms with E-state index < -0.39 is 27.8 Å². The van der Waals surface area contributed by atoms with Crippen LogP contribution in [0.2, 0.25) is 0 Å². The number of ether oxygens (including phenoxy) is 4. The minimum Gasteiger partial charge on any atom is -0.508 e. The summed E-state index contributed by atoms with van der Waals surface area (Å²) in [5.41, 5.74) is 6.69. The van der Waals surface area contributed by atoms with Crippen molar-refractivity contribution in [2.24, 2.45) is 17.8 Å². The molecule has 13 rings (SSSR count). The van der Waals surface area contributed by atoms with Crippen LogP contribution in [0.4, 0.5) is 0 Å². The molecule has 2 spiro atoms. The number of hydrogen-bond donors (Lipinski definition) is 7. The first kappa shape index (κ1) is 48.5. The summed E-state index contributed by atoms with van der Waals surface area (Å²) in [6.07, 6.45) is 15.1. The number of benzene rings is 3. The maximum atomic E-state index is 14.0. The van der Waals surface area contributed by atoms with Gasteiger partial charge in [0, 0.05) is 67.0 Å². The molecule has 9 aliphatic rings. The van der Waals surface area contributed by atoms with Gasteiger partial charge in [0.2, 0.25) is 11.5 Å². The summed E-state index contributed by atoms with van der Waals surface area (Å²) in [7, 11) is 9.34. The number of H-pyrrole nitrogens is 1. The molecule has 0 amide bonds. The van der Waals surface area contributed by atoms with Crippen LogP contribution in [0.15, 0.2) is 54.4 Å². The fourth-order valence-corrected chi connectivity index (χ4v) is 23.0. The summed E-state index contributed by atoms with van der Waals surface area (Å²) in [6, 6.07) is 11.5. The molecule has 0 radical (unpaired) electrons. The predicted molar refractivity (Wildman–Crippen MR) is 285 cm³/mol. The van der Waals surface area contributed by atoms with Crippen LogP contribution in [0.1, 0.15) is 137 Å². The van der Waals surface area contributed by atoms with Crippen molar-refractivity contribution in [3.05, 3.63) is 82.2 Å². The monoisotopic (exact) mass is 1040 g/mol. The lowest BCUT2D eigenvalue weighted by molar-refractivity contribution is -0.125. The van der Waals surface area contributed by atoms with Gasteiger partial charge in [-0.2, -0.15) is 0 Å². The van der Waals surface area contributed by atoms with Crippen molar-refractivity contribution in [3.63, 3.8) is 0 Å². The lowest BCUT2D eigenvalue weighted by atomic mass is 9.52. The number of nitrogens with one attached hydrogen (secondary N) is 1. The first-order valence-electron chi connectivity index (χ1n) is 26.0. The highest BCUT2D eigenvalue weighted by atomic mass is 33.1. The summed E-state index contributed by atoms with van der Waals surface area (Å²) in [5, 5.41) is 72.9. The van der Waals surface area contributed by atoms with E-state index in [4.69, 9.17) is 18.9 Å². The second-order valence-electron chi connectivity index (χ2n) is 22.2. The molecule has 11 nitrogen and oxygen atoms in total. The van der Waals surface area contributed by atoms with Crippen molar-refractivity contribution in [1.29, 1.82) is 0 Å². The van der Waals surface area contributed by atoms with E-state index in [2.05, 4.69) is 37.3 Å². The van der Waals surface area contributed by atoms with Gasteiger partial charge in [-0.15, -0.1) is 0 Å². The van der Waals surface area contributed by atoms with Gasteiger partial charge >= 0.3 is 0 Å². The molecule has 380 valence electrons.